The van der Waals surface area contributed by atoms with E-state index in [9.17, 15) is 9.59 Å². The standard InChI is InChI=1S/C4H6O6.Dy.K.H/c5-1(3(7)8)2(6)4(9)10;;;/h1-2,5-6H,(H,7,8)(H,9,10);;;/q;;+1;-1. The molecule has 0 aromatic rings. The van der Waals surface area contributed by atoms with Gasteiger partial charge in [-0.1, -0.05) is 0 Å². The van der Waals surface area contributed by atoms with Gasteiger partial charge in [-0.25, -0.2) is 9.59 Å². The van der Waals surface area contributed by atoms with Gasteiger partial charge >= 0.3 is 63.3 Å². The first-order valence-corrected chi connectivity index (χ1v) is 2.28. The molecule has 0 rings (SSSR count). The molecular formula is C4H7DyKO6. The van der Waals surface area contributed by atoms with Gasteiger partial charge in [-0.3, -0.25) is 0 Å². The monoisotopic (exact) mass is 354 g/mol. The summed E-state index contributed by atoms with van der Waals surface area (Å²) in [5.74, 6) is -3.54. The number of aliphatic hydroxyl groups excluding tert-OH is 2. The molecule has 0 radical (unpaired) electrons. The van der Waals surface area contributed by atoms with Gasteiger partial charge in [-0.05, 0) is 0 Å². The molecule has 70 valence electrons. The second-order valence-corrected chi connectivity index (χ2v) is 1.57. The molecule has 0 aliphatic rings. The maximum atomic E-state index is 9.77. The predicted molar refractivity (Wildman–Crippen MR) is 28.4 cm³/mol. The average Bonchev–Trinajstić information content (AvgIpc) is 1.84. The Kier molecular flexibility index (Phi) is 15.0. The minimum Gasteiger partial charge on any atom is -1.00 e. The molecule has 0 saturated carbocycles. The van der Waals surface area contributed by atoms with E-state index < -0.39 is 24.1 Å². The van der Waals surface area contributed by atoms with Crippen molar-refractivity contribution in [2.45, 2.75) is 12.2 Å². The van der Waals surface area contributed by atoms with Crippen molar-refractivity contribution in [1.82, 2.24) is 0 Å². The zero-order chi connectivity index (χ0) is 8.31. The van der Waals surface area contributed by atoms with Crippen LogP contribution in [-0.4, -0.2) is 44.6 Å². The van der Waals surface area contributed by atoms with Crippen LogP contribution in [-0.2, 0) is 9.59 Å². The van der Waals surface area contributed by atoms with E-state index in [0.717, 1.165) is 0 Å². The van der Waals surface area contributed by atoms with E-state index in [-0.39, 0.29) is 91.0 Å². The van der Waals surface area contributed by atoms with Crippen LogP contribution < -0.4 is 51.4 Å². The molecule has 0 amide bonds. The Labute approximate surface area is 142 Å². The summed E-state index contributed by atoms with van der Waals surface area (Å²) in [7, 11) is 0. The molecule has 0 aromatic carbocycles. The van der Waals surface area contributed by atoms with Gasteiger partial charge in [0.2, 0.25) is 0 Å². The minimum atomic E-state index is -2.27. The number of aliphatic carboxylic acids is 2. The summed E-state index contributed by atoms with van der Waals surface area (Å²) in [4.78, 5) is 19.5. The fraction of sp³-hybridized carbons (Fsp3) is 0.500. The average molecular weight is 353 g/mol. The third kappa shape index (κ3) is 7.20. The van der Waals surface area contributed by atoms with E-state index in [1.807, 2.05) is 0 Å². The fourth-order valence-corrected chi connectivity index (χ4v) is 0.270. The van der Waals surface area contributed by atoms with Crippen LogP contribution in [0.4, 0.5) is 0 Å². The van der Waals surface area contributed by atoms with Crippen LogP contribution in [0.3, 0.4) is 0 Å². The number of aliphatic hydroxyl groups is 2. The summed E-state index contributed by atoms with van der Waals surface area (Å²) in [6.45, 7) is 0. The Morgan fingerprint density at radius 1 is 1.00 bits per heavy atom. The molecular weight excluding hydrogens is 346 g/mol. The van der Waals surface area contributed by atoms with Gasteiger partial charge in [0.05, 0.1) is 0 Å². The number of carbonyl (C=O) groups is 2. The molecule has 0 aliphatic carbocycles. The van der Waals surface area contributed by atoms with Crippen molar-refractivity contribution in [1.29, 1.82) is 0 Å². The summed E-state index contributed by atoms with van der Waals surface area (Å²) in [6, 6.07) is 0. The van der Waals surface area contributed by atoms with Gasteiger partial charge in [0.15, 0.2) is 12.2 Å². The maximum Gasteiger partial charge on any atom is 1.00 e. The Balaban J connectivity index is -0.000000135. The number of hydrogen-bond donors (Lipinski definition) is 4. The Bertz CT molecular complexity index is 149. The Hall–Kier alpha value is 1.77. The van der Waals surface area contributed by atoms with Gasteiger partial charge in [-0.2, -0.15) is 0 Å². The van der Waals surface area contributed by atoms with Gasteiger partial charge < -0.3 is 21.9 Å². The molecule has 12 heavy (non-hydrogen) atoms. The first-order valence-electron chi connectivity index (χ1n) is 2.28. The molecule has 0 bridgehead atoms. The molecule has 2 atom stereocenters. The zero-order valence-electron chi connectivity index (χ0n) is 7.08. The Morgan fingerprint density at radius 3 is 1.25 bits per heavy atom. The third-order valence-electron chi connectivity index (χ3n) is 0.805. The molecule has 0 heterocycles. The molecule has 8 heteroatoms. The minimum absolute atomic E-state index is 0. The summed E-state index contributed by atoms with van der Waals surface area (Å²) in [5.41, 5.74) is 0. The van der Waals surface area contributed by atoms with Crippen LogP contribution in [0.1, 0.15) is 1.43 Å². The van der Waals surface area contributed by atoms with Crippen LogP contribution in [0, 0.1) is 38.2 Å². The van der Waals surface area contributed by atoms with E-state index >= 15 is 0 Å². The smallest absolute Gasteiger partial charge is 1.00 e. The zero-order valence-corrected chi connectivity index (χ0v) is 11.2. The first-order chi connectivity index (χ1) is 4.46. The van der Waals surface area contributed by atoms with E-state index in [1.54, 1.807) is 0 Å². The second kappa shape index (κ2) is 9.33. The van der Waals surface area contributed by atoms with Gasteiger partial charge in [0.25, 0.3) is 0 Å². The van der Waals surface area contributed by atoms with Crippen molar-refractivity contribution < 1.29 is 121 Å². The molecule has 4 N–H and O–H groups in total. The van der Waals surface area contributed by atoms with Crippen LogP contribution in [0.5, 0.6) is 0 Å². The number of hydrogen-bond acceptors (Lipinski definition) is 4. The van der Waals surface area contributed by atoms with Crippen LogP contribution in [0.15, 0.2) is 0 Å². The SMILES string of the molecule is O=C(O)C(O)C(O)C(=O)O.[Dy].[H-].[K+]. The van der Waals surface area contributed by atoms with Gasteiger partial charge in [0.1, 0.15) is 0 Å². The summed E-state index contributed by atoms with van der Waals surface area (Å²) in [6.07, 6.45) is -4.53. The molecule has 0 aliphatic heterocycles. The third-order valence-corrected chi connectivity index (χ3v) is 0.805. The van der Waals surface area contributed by atoms with Crippen LogP contribution >= 0.6 is 0 Å². The molecule has 0 aromatic heterocycles. The molecule has 0 saturated heterocycles. The summed E-state index contributed by atoms with van der Waals surface area (Å²) < 4.78 is 0. The van der Waals surface area contributed by atoms with Crippen molar-refractivity contribution in [3.63, 3.8) is 0 Å². The molecule has 0 spiro atoms. The van der Waals surface area contributed by atoms with E-state index in [1.165, 1.54) is 0 Å². The Morgan fingerprint density at radius 2 is 1.17 bits per heavy atom. The van der Waals surface area contributed by atoms with Crippen molar-refractivity contribution >= 4 is 11.9 Å². The predicted octanol–water partition coefficient (Wildman–Crippen LogP) is -5.01. The van der Waals surface area contributed by atoms with E-state index in [0.29, 0.717) is 0 Å². The molecule has 6 nitrogen and oxygen atoms in total. The van der Waals surface area contributed by atoms with Crippen molar-refractivity contribution in [3.8, 4) is 0 Å². The topological polar surface area (TPSA) is 115 Å². The van der Waals surface area contributed by atoms with Crippen LogP contribution in [0.25, 0.3) is 0 Å². The van der Waals surface area contributed by atoms with Crippen LogP contribution in [0.2, 0.25) is 0 Å². The number of carboxylic acids is 2. The number of carboxylic acid groups (broad SMARTS) is 2. The summed E-state index contributed by atoms with van der Waals surface area (Å²) in [5, 5.41) is 32.5. The maximum absolute atomic E-state index is 9.77. The van der Waals surface area contributed by atoms with E-state index in [2.05, 4.69) is 0 Å². The van der Waals surface area contributed by atoms with Crippen molar-refractivity contribution in [2.24, 2.45) is 0 Å². The molecule has 2 unspecified atom stereocenters. The largest absolute Gasteiger partial charge is 1.00 e. The van der Waals surface area contributed by atoms with E-state index in [4.69, 9.17) is 20.4 Å². The second-order valence-electron chi connectivity index (χ2n) is 1.57. The normalized spacial score (nSPS) is 13.2. The fourth-order valence-electron chi connectivity index (χ4n) is 0.270. The molecule has 0 fully saturated rings. The van der Waals surface area contributed by atoms with Gasteiger partial charge in [0, 0.05) is 38.2 Å². The number of rotatable bonds is 3. The van der Waals surface area contributed by atoms with Gasteiger partial charge in [-0.15, -0.1) is 0 Å². The first kappa shape index (κ1) is 19.4. The van der Waals surface area contributed by atoms with Crippen molar-refractivity contribution in [2.75, 3.05) is 0 Å². The quantitative estimate of drug-likeness (QED) is 0.378. The van der Waals surface area contributed by atoms with Crippen molar-refractivity contribution in [3.05, 3.63) is 0 Å². The summed E-state index contributed by atoms with van der Waals surface area (Å²) >= 11 is 0.